The number of nitriles is 1. The Balaban J connectivity index is 2.67. The average Bonchev–Trinajstić information content (AvgIpc) is 2.70. The van der Waals surface area contributed by atoms with Crippen molar-refractivity contribution in [1.29, 1.82) is 5.26 Å². The van der Waals surface area contributed by atoms with Gasteiger partial charge in [-0.05, 0) is 32.0 Å². The van der Waals surface area contributed by atoms with Crippen molar-refractivity contribution < 1.29 is 4.79 Å². The second-order valence-electron chi connectivity index (χ2n) is 3.68. The lowest BCUT2D eigenvalue weighted by Crippen LogP contribution is -2.06. The molecule has 0 saturated carbocycles. The SMILES string of the molecule is Cc1ccc(C=O)c(-n2nc(C#N)cc2C)n1. The molecule has 0 aliphatic rings. The highest BCUT2D eigenvalue weighted by molar-refractivity contribution is 5.79. The van der Waals surface area contributed by atoms with Crippen LogP contribution in [-0.2, 0) is 0 Å². The van der Waals surface area contributed by atoms with E-state index in [0.29, 0.717) is 17.1 Å². The number of rotatable bonds is 2. The van der Waals surface area contributed by atoms with Crippen molar-refractivity contribution in [3.8, 4) is 11.9 Å². The highest BCUT2D eigenvalue weighted by atomic mass is 16.1. The van der Waals surface area contributed by atoms with Gasteiger partial charge in [0.15, 0.2) is 17.8 Å². The molecule has 0 N–H and O–H groups in total. The van der Waals surface area contributed by atoms with Crippen LogP contribution in [0.1, 0.15) is 27.4 Å². The number of nitrogens with zero attached hydrogens (tertiary/aromatic N) is 4. The van der Waals surface area contributed by atoms with Gasteiger partial charge in [-0.3, -0.25) is 4.79 Å². The Morgan fingerprint density at radius 3 is 2.76 bits per heavy atom. The van der Waals surface area contributed by atoms with Crippen molar-refractivity contribution in [3.05, 3.63) is 40.8 Å². The van der Waals surface area contributed by atoms with Crippen LogP contribution in [0.2, 0.25) is 0 Å². The number of hydrogen-bond donors (Lipinski definition) is 0. The number of hydrogen-bond acceptors (Lipinski definition) is 4. The fourth-order valence-corrected chi connectivity index (χ4v) is 1.56. The molecule has 0 aliphatic carbocycles. The number of pyridine rings is 1. The van der Waals surface area contributed by atoms with Gasteiger partial charge in [0.25, 0.3) is 0 Å². The van der Waals surface area contributed by atoms with Crippen molar-refractivity contribution in [2.75, 3.05) is 0 Å². The molecule has 0 bridgehead atoms. The summed E-state index contributed by atoms with van der Waals surface area (Å²) < 4.78 is 1.51. The Labute approximate surface area is 98.3 Å². The zero-order valence-corrected chi connectivity index (χ0v) is 9.51. The van der Waals surface area contributed by atoms with Gasteiger partial charge in [0.2, 0.25) is 0 Å². The van der Waals surface area contributed by atoms with E-state index in [0.717, 1.165) is 17.7 Å². The molecule has 0 aliphatic heterocycles. The normalized spacial score (nSPS) is 9.94. The highest BCUT2D eigenvalue weighted by Gasteiger charge is 2.11. The van der Waals surface area contributed by atoms with Gasteiger partial charge in [-0.15, -0.1) is 0 Å². The van der Waals surface area contributed by atoms with E-state index in [4.69, 9.17) is 5.26 Å². The van der Waals surface area contributed by atoms with Crippen LogP contribution in [0, 0.1) is 25.2 Å². The van der Waals surface area contributed by atoms with Gasteiger partial charge in [-0.2, -0.15) is 10.4 Å². The maximum atomic E-state index is 11.0. The lowest BCUT2D eigenvalue weighted by atomic mass is 10.2. The molecular weight excluding hydrogens is 216 g/mol. The number of aryl methyl sites for hydroxylation is 2. The predicted octanol–water partition coefficient (Wildman–Crippen LogP) is 1.57. The fourth-order valence-electron chi connectivity index (χ4n) is 1.56. The quantitative estimate of drug-likeness (QED) is 0.728. The maximum absolute atomic E-state index is 11.0. The van der Waals surface area contributed by atoms with Crippen LogP contribution in [0.4, 0.5) is 0 Å². The first-order valence-electron chi connectivity index (χ1n) is 5.05. The number of carbonyl (C=O) groups excluding carboxylic acids is 1. The summed E-state index contributed by atoms with van der Waals surface area (Å²) in [5.74, 6) is 0.457. The minimum atomic E-state index is 0.308. The first kappa shape index (κ1) is 11.0. The van der Waals surface area contributed by atoms with Crippen LogP contribution in [0.25, 0.3) is 5.82 Å². The predicted molar refractivity (Wildman–Crippen MR) is 60.9 cm³/mol. The number of aldehydes is 1. The van der Waals surface area contributed by atoms with Gasteiger partial charge in [0, 0.05) is 11.4 Å². The van der Waals surface area contributed by atoms with Crippen LogP contribution in [0.15, 0.2) is 18.2 Å². The van der Waals surface area contributed by atoms with E-state index < -0.39 is 0 Å². The van der Waals surface area contributed by atoms with Crippen molar-refractivity contribution in [3.63, 3.8) is 0 Å². The third kappa shape index (κ3) is 1.93. The Morgan fingerprint density at radius 1 is 1.41 bits per heavy atom. The molecule has 0 fully saturated rings. The summed E-state index contributed by atoms with van der Waals surface area (Å²) in [5.41, 5.74) is 2.32. The second kappa shape index (κ2) is 4.18. The van der Waals surface area contributed by atoms with E-state index in [-0.39, 0.29) is 0 Å². The smallest absolute Gasteiger partial charge is 0.164 e. The third-order valence-electron chi connectivity index (χ3n) is 2.37. The molecule has 2 aromatic heterocycles. The minimum absolute atomic E-state index is 0.308. The summed E-state index contributed by atoms with van der Waals surface area (Å²) in [7, 11) is 0. The first-order valence-corrected chi connectivity index (χ1v) is 5.05. The van der Waals surface area contributed by atoms with Gasteiger partial charge < -0.3 is 0 Å². The largest absolute Gasteiger partial charge is 0.298 e. The van der Waals surface area contributed by atoms with E-state index in [1.54, 1.807) is 18.2 Å². The molecule has 0 radical (unpaired) electrons. The van der Waals surface area contributed by atoms with E-state index in [2.05, 4.69) is 10.1 Å². The zero-order chi connectivity index (χ0) is 12.4. The van der Waals surface area contributed by atoms with Gasteiger partial charge in [-0.1, -0.05) is 0 Å². The Kier molecular flexibility index (Phi) is 2.71. The molecule has 2 rings (SSSR count). The molecule has 0 saturated heterocycles. The van der Waals surface area contributed by atoms with Gasteiger partial charge in [0.1, 0.15) is 6.07 Å². The zero-order valence-electron chi connectivity index (χ0n) is 9.51. The summed E-state index contributed by atoms with van der Waals surface area (Å²) in [6, 6.07) is 7.07. The molecule has 0 unspecified atom stereocenters. The van der Waals surface area contributed by atoms with E-state index >= 15 is 0 Å². The van der Waals surface area contributed by atoms with Crippen LogP contribution < -0.4 is 0 Å². The van der Waals surface area contributed by atoms with Crippen molar-refractivity contribution in [2.45, 2.75) is 13.8 Å². The summed E-state index contributed by atoms with van der Waals surface area (Å²) >= 11 is 0. The Bertz CT molecular complexity index is 622. The molecule has 84 valence electrons. The van der Waals surface area contributed by atoms with Crippen LogP contribution in [-0.4, -0.2) is 21.1 Å². The second-order valence-corrected chi connectivity index (χ2v) is 3.68. The minimum Gasteiger partial charge on any atom is -0.298 e. The summed E-state index contributed by atoms with van der Waals surface area (Å²) in [6.45, 7) is 3.65. The van der Waals surface area contributed by atoms with Gasteiger partial charge >= 0.3 is 0 Å². The lowest BCUT2D eigenvalue weighted by molar-refractivity contribution is 0.112. The number of carbonyl (C=O) groups is 1. The standard InChI is InChI=1S/C12H10N4O/c1-8-3-4-10(7-17)12(14-8)16-9(2)5-11(6-13)15-16/h3-5,7H,1-2H3. The molecule has 5 heteroatoms. The molecule has 0 spiro atoms. The Hall–Kier alpha value is -2.48. The Morgan fingerprint density at radius 2 is 2.18 bits per heavy atom. The third-order valence-corrected chi connectivity index (χ3v) is 2.37. The van der Waals surface area contributed by atoms with Crippen LogP contribution in [0.3, 0.4) is 0 Å². The van der Waals surface area contributed by atoms with Crippen molar-refractivity contribution in [2.24, 2.45) is 0 Å². The molecule has 0 atom stereocenters. The number of aromatic nitrogens is 3. The molecule has 0 aromatic carbocycles. The fraction of sp³-hybridized carbons (Fsp3) is 0.167. The highest BCUT2D eigenvalue weighted by Crippen LogP contribution is 2.14. The lowest BCUT2D eigenvalue weighted by Gasteiger charge is -2.06. The first-order chi connectivity index (χ1) is 8.15. The summed E-state index contributed by atoms with van der Waals surface area (Å²) in [5, 5.41) is 12.9. The maximum Gasteiger partial charge on any atom is 0.164 e. The van der Waals surface area contributed by atoms with Crippen LogP contribution >= 0.6 is 0 Å². The summed E-state index contributed by atoms with van der Waals surface area (Å²) in [6.07, 6.45) is 0.731. The van der Waals surface area contributed by atoms with E-state index in [1.165, 1.54) is 4.68 Å². The van der Waals surface area contributed by atoms with E-state index in [1.807, 2.05) is 19.9 Å². The van der Waals surface area contributed by atoms with Gasteiger partial charge in [0.05, 0.1) is 5.56 Å². The van der Waals surface area contributed by atoms with Crippen LogP contribution in [0.5, 0.6) is 0 Å². The molecule has 17 heavy (non-hydrogen) atoms. The summed E-state index contributed by atoms with van der Waals surface area (Å²) in [4.78, 5) is 15.2. The topological polar surface area (TPSA) is 71.6 Å². The average molecular weight is 226 g/mol. The van der Waals surface area contributed by atoms with E-state index in [9.17, 15) is 4.79 Å². The van der Waals surface area contributed by atoms with Crippen molar-refractivity contribution >= 4 is 6.29 Å². The van der Waals surface area contributed by atoms with Gasteiger partial charge in [-0.25, -0.2) is 9.67 Å². The molecular formula is C12H10N4O. The molecule has 5 nitrogen and oxygen atoms in total. The molecule has 2 aromatic rings. The van der Waals surface area contributed by atoms with Crippen molar-refractivity contribution in [1.82, 2.24) is 14.8 Å². The monoisotopic (exact) mass is 226 g/mol. The molecule has 2 heterocycles. The molecule has 0 amide bonds.